The fourth-order valence-electron chi connectivity index (χ4n) is 3.05. The van der Waals surface area contributed by atoms with Gasteiger partial charge in [-0.2, -0.15) is 0 Å². The second-order valence-corrected chi connectivity index (χ2v) is 7.39. The lowest BCUT2D eigenvalue weighted by atomic mass is 9.97. The van der Waals surface area contributed by atoms with Crippen LogP contribution in [0.4, 0.5) is 0 Å². The van der Waals surface area contributed by atoms with Gasteiger partial charge >= 0.3 is 0 Å². The van der Waals surface area contributed by atoms with Crippen LogP contribution in [0.2, 0.25) is 0 Å². The van der Waals surface area contributed by atoms with Crippen molar-refractivity contribution in [2.75, 3.05) is 20.2 Å². The van der Waals surface area contributed by atoms with Gasteiger partial charge in [0.15, 0.2) is 0 Å². The number of Topliss-reactive ketones (excluding diaryl/α,β-unsaturated/α-hetero) is 1. The molecule has 5 heteroatoms. The number of amides is 1. The maximum atomic E-state index is 12.7. The van der Waals surface area contributed by atoms with Crippen molar-refractivity contribution in [2.24, 2.45) is 0 Å². The summed E-state index contributed by atoms with van der Waals surface area (Å²) in [7, 11) is 1.66. The Morgan fingerprint density at radius 2 is 1.80 bits per heavy atom. The molecule has 2 aromatic carbocycles. The first-order valence-electron chi connectivity index (χ1n) is 8.27. The summed E-state index contributed by atoms with van der Waals surface area (Å²) >= 11 is 2.28. The van der Waals surface area contributed by atoms with Gasteiger partial charge in [0.05, 0.1) is 6.61 Å². The SMILES string of the molecule is COCc1cc(C(=O)N2CCC(=O)CC2)ccc1-c1ccc(I)cc1. The number of piperidine rings is 1. The van der Waals surface area contributed by atoms with E-state index in [-0.39, 0.29) is 11.7 Å². The summed E-state index contributed by atoms with van der Waals surface area (Å²) in [6.45, 7) is 1.47. The third-order valence-electron chi connectivity index (χ3n) is 4.42. The summed E-state index contributed by atoms with van der Waals surface area (Å²) in [4.78, 5) is 25.9. The number of likely N-dealkylation sites (tertiary alicyclic amines) is 1. The van der Waals surface area contributed by atoms with Crippen molar-refractivity contribution in [3.8, 4) is 11.1 Å². The lowest BCUT2D eigenvalue weighted by Crippen LogP contribution is -2.38. The molecule has 0 radical (unpaired) electrons. The van der Waals surface area contributed by atoms with E-state index < -0.39 is 0 Å². The zero-order valence-electron chi connectivity index (χ0n) is 14.1. The van der Waals surface area contributed by atoms with Gasteiger partial charge < -0.3 is 9.64 Å². The van der Waals surface area contributed by atoms with Gasteiger partial charge in [0.25, 0.3) is 5.91 Å². The van der Waals surface area contributed by atoms with Crippen LogP contribution in [0.5, 0.6) is 0 Å². The highest BCUT2D eigenvalue weighted by Crippen LogP contribution is 2.27. The highest BCUT2D eigenvalue weighted by atomic mass is 127. The Kier molecular flexibility index (Phi) is 5.86. The average Bonchev–Trinajstić information content (AvgIpc) is 2.63. The zero-order chi connectivity index (χ0) is 17.8. The maximum Gasteiger partial charge on any atom is 0.253 e. The first kappa shape index (κ1) is 18.1. The van der Waals surface area contributed by atoms with Gasteiger partial charge in [-0.15, -0.1) is 0 Å². The van der Waals surface area contributed by atoms with Crippen molar-refractivity contribution in [3.63, 3.8) is 0 Å². The Bertz CT molecular complexity index is 776. The Morgan fingerprint density at radius 3 is 2.44 bits per heavy atom. The van der Waals surface area contributed by atoms with Crippen LogP contribution >= 0.6 is 22.6 Å². The molecule has 0 N–H and O–H groups in total. The highest BCUT2D eigenvalue weighted by Gasteiger charge is 2.22. The van der Waals surface area contributed by atoms with Crippen LogP contribution in [0, 0.1) is 3.57 Å². The summed E-state index contributed by atoms with van der Waals surface area (Å²) in [6, 6.07) is 14.0. The first-order valence-corrected chi connectivity index (χ1v) is 9.35. The molecular weight excluding hydrogens is 429 g/mol. The van der Waals surface area contributed by atoms with Crippen LogP contribution in [0.25, 0.3) is 11.1 Å². The molecule has 0 aromatic heterocycles. The summed E-state index contributed by atoms with van der Waals surface area (Å²) in [5, 5.41) is 0. The lowest BCUT2D eigenvalue weighted by Gasteiger charge is -2.26. The van der Waals surface area contributed by atoms with E-state index in [2.05, 4.69) is 46.9 Å². The van der Waals surface area contributed by atoms with Gasteiger partial charge in [0, 0.05) is 42.2 Å². The molecule has 3 rings (SSSR count). The molecule has 4 nitrogen and oxygen atoms in total. The second-order valence-electron chi connectivity index (χ2n) is 6.14. The number of benzene rings is 2. The van der Waals surface area contributed by atoms with Gasteiger partial charge in [-0.25, -0.2) is 0 Å². The van der Waals surface area contributed by atoms with Crippen molar-refractivity contribution in [3.05, 3.63) is 57.2 Å². The number of nitrogens with zero attached hydrogens (tertiary/aromatic N) is 1. The number of carbonyl (C=O) groups is 2. The quantitative estimate of drug-likeness (QED) is 0.666. The monoisotopic (exact) mass is 449 g/mol. The van der Waals surface area contributed by atoms with E-state index in [0.717, 1.165) is 16.7 Å². The number of ketones is 1. The molecule has 0 saturated carbocycles. The lowest BCUT2D eigenvalue weighted by molar-refractivity contribution is -0.120. The molecule has 1 amide bonds. The molecule has 1 heterocycles. The van der Waals surface area contributed by atoms with E-state index >= 15 is 0 Å². The molecule has 1 fully saturated rings. The Morgan fingerprint density at radius 1 is 1.12 bits per heavy atom. The van der Waals surface area contributed by atoms with Crippen molar-refractivity contribution < 1.29 is 14.3 Å². The Balaban J connectivity index is 1.89. The molecule has 1 aliphatic rings. The number of halogens is 1. The predicted molar refractivity (Wildman–Crippen MR) is 105 cm³/mol. The number of ether oxygens (including phenoxy) is 1. The summed E-state index contributed by atoms with van der Waals surface area (Å²) < 4.78 is 6.52. The minimum absolute atomic E-state index is 0.0148. The fourth-order valence-corrected chi connectivity index (χ4v) is 3.41. The second kappa shape index (κ2) is 8.10. The van der Waals surface area contributed by atoms with E-state index in [1.54, 1.807) is 12.0 Å². The van der Waals surface area contributed by atoms with Crippen LogP contribution in [-0.4, -0.2) is 36.8 Å². The van der Waals surface area contributed by atoms with Crippen LogP contribution in [0.3, 0.4) is 0 Å². The van der Waals surface area contributed by atoms with Crippen LogP contribution < -0.4 is 0 Å². The van der Waals surface area contributed by atoms with Gasteiger partial charge in [0.1, 0.15) is 5.78 Å². The van der Waals surface area contributed by atoms with E-state index in [9.17, 15) is 9.59 Å². The van der Waals surface area contributed by atoms with E-state index in [1.165, 1.54) is 3.57 Å². The molecule has 25 heavy (non-hydrogen) atoms. The Labute approximate surface area is 161 Å². The van der Waals surface area contributed by atoms with E-state index in [1.807, 2.05) is 18.2 Å². The topological polar surface area (TPSA) is 46.6 Å². The zero-order valence-corrected chi connectivity index (χ0v) is 16.3. The number of carbonyl (C=O) groups excluding carboxylic acids is 2. The molecular formula is C20H20INO3. The normalized spacial score (nSPS) is 14.6. The third kappa shape index (κ3) is 4.27. The maximum absolute atomic E-state index is 12.7. The molecule has 1 aliphatic heterocycles. The van der Waals surface area contributed by atoms with Crippen molar-refractivity contribution in [2.45, 2.75) is 19.4 Å². The van der Waals surface area contributed by atoms with Gasteiger partial charge in [-0.3, -0.25) is 9.59 Å². The number of methoxy groups -OCH3 is 1. The highest BCUT2D eigenvalue weighted by molar-refractivity contribution is 14.1. The van der Waals surface area contributed by atoms with Crippen LogP contribution in [0.1, 0.15) is 28.8 Å². The van der Waals surface area contributed by atoms with Crippen molar-refractivity contribution >= 4 is 34.3 Å². The number of hydrogen-bond donors (Lipinski definition) is 0. The van der Waals surface area contributed by atoms with Gasteiger partial charge in [-0.1, -0.05) is 18.2 Å². The molecule has 1 saturated heterocycles. The van der Waals surface area contributed by atoms with Gasteiger partial charge in [0.2, 0.25) is 0 Å². The average molecular weight is 449 g/mol. The summed E-state index contributed by atoms with van der Waals surface area (Å²) in [5.41, 5.74) is 3.82. The van der Waals surface area contributed by atoms with Crippen LogP contribution in [-0.2, 0) is 16.1 Å². The number of rotatable bonds is 4. The van der Waals surface area contributed by atoms with E-state index in [0.29, 0.717) is 38.1 Å². The minimum atomic E-state index is -0.0148. The molecule has 0 unspecified atom stereocenters. The van der Waals surface area contributed by atoms with Gasteiger partial charge in [-0.05, 0) is 63.5 Å². The summed E-state index contributed by atoms with van der Waals surface area (Å²) in [6.07, 6.45) is 0.912. The predicted octanol–water partition coefficient (Wildman–Crippen LogP) is 3.91. The standard InChI is InChI=1S/C20H20INO3/c1-25-13-16-12-15(20(24)22-10-8-18(23)9-11-22)4-7-19(16)14-2-5-17(21)6-3-14/h2-7,12H,8-11,13H2,1H3. The number of hydrogen-bond acceptors (Lipinski definition) is 3. The van der Waals surface area contributed by atoms with Crippen molar-refractivity contribution in [1.82, 2.24) is 4.90 Å². The molecule has 0 aliphatic carbocycles. The molecule has 0 atom stereocenters. The smallest absolute Gasteiger partial charge is 0.253 e. The first-order chi connectivity index (χ1) is 12.1. The molecule has 130 valence electrons. The van der Waals surface area contributed by atoms with Crippen molar-refractivity contribution in [1.29, 1.82) is 0 Å². The van der Waals surface area contributed by atoms with E-state index in [4.69, 9.17) is 4.74 Å². The minimum Gasteiger partial charge on any atom is -0.380 e. The summed E-state index contributed by atoms with van der Waals surface area (Å²) in [5.74, 6) is 0.220. The van der Waals surface area contributed by atoms with Crippen LogP contribution in [0.15, 0.2) is 42.5 Å². The Hall–Kier alpha value is -1.73. The molecule has 0 bridgehead atoms. The fraction of sp³-hybridized carbons (Fsp3) is 0.300. The molecule has 2 aromatic rings. The molecule has 0 spiro atoms. The third-order valence-corrected chi connectivity index (χ3v) is 5.13. The largest absolute Gasteiger partial charge is 0.380 e.